The van der Waals surface area contributed by atoms with E-state index in [4.69, 9.17) is 17.3 Å². The second-order valence-electron chi connectivity index (χ2n) is 2.73. The van der Waals surface area contributed by atoms with Crippen LogP contribution in [-0.4, -0.2) is 0 Å². The summed E-state index contributed by atoms with van der Waals surface area (Å²) in [7, 11) is 0. The van der Waals surface area contributed by atoms with E-state index < -0.39 is 0 Å². The smallest absolute Gasteiger partial charge is 0.0590 e. The quantitative estimate of drug-likeness (QED) is 0.747. The highest BCUT2D eigenvalue weighted by atomic mass is 35.5. The number of aryl methyl sites for hydroxylation is 1. The van der Waals surface area contributed by atoms with Gasteiger partial charge < -0.3 is 5.73 Å². The molecule has 1 atom stereocenters. The summed E-state index contributed by atoms with van der Waals surface area (Å²) in [4.78, 5) is 1.06. The molecule has 1 heterocycles. The molecule has 2 N–H and O–H groups in total. The minimum absolute atomic E-state index is 0.00806. The third-order valence-corrected chi connectivity index (χ3v) is 3.53. The second-order valence-corrected chi connectivity index (χ2v) is 4.02. The summed E-state index contributed by atoms with van der Waals surface area (Å²) < 4.78 is 0. The molecule has 1 rings (SSSR count). The molecule has 0 saturated carbocycles. The SMILES string of the molecule is C=CCC(N)c1scc(C)c1Cl. The van der Waals surface area contributed by atoms with Crippen molar-refractivity contribution in [2.45, 2.75) is 19.4 Å². The van der Waals surface area contributed by atoms with Crippen LogP contribution in [0.15, 0.2) is 18.0 Å². The molecular weight excluding hydrogens is 190 g/mol. The van der Waals surface area contributed by atoms with Crippen molar-refractivity contribution in [1.82, 2.24) is 0 Å². The lowest BCUT2D eigenvalue weighted by molar-refractivity contribution is 0.757. The zero-order valence-electron chi connectivity index (χ0n) is 7.01. The van der Waals surface area contributed by atoms with Gasteiger partial charge in [0.2, 0.25) is 0 Å². The number of nitrogens with two attached hydrogens (primary N) is 1. The Morgan fingerprint density at radius 1 is 1.83 bits per heavy atom. The Bertz CT molecular complexity index is 280. The molecule has 1 aromatic heterocycles. The average Bonchev–Trinajstić information content (AvgIpc) is 2.34. The van der Waals surface area contributed by atoms with Gasteiger partial charge in [-0.05, 0) is 24.3 Å². The molecule has 1 nitrogen and oxygen atoms in total. The molecule has 3 heteroatoms. The molecule has 0 bridgehead atoms. The van der Waals surface area contributed by atoms with Gasteiger partial charge >= 0.3 is 0 Å². The maximum atomic E-state index is 6.04. The van der Waals surface area contributed by atoms with E-state index in [1.807, 2.05) is 18.4 Å². The van der Waals surface area contributed by atoms with Gasteiger partial charge in [0.1, 0.15) is 0 Å². The summed E-state index contributed by atoms with van der Waals surface area (Å²) in [5.74, 6) is 0. The molecule has 0 fully saturated rings. The molecule has 1 aromatic rings. The minimum atomic E-state index is 0.00806. The van der Waals surface area contributed by atoms with Gasteiger partial charge in [-0.3, -0.25) is 0 Å². The van der Waals surface area contributed by atoms with Gasteiger partial charge in [0.25, 0.3) is 0 Å². The highest BCUT2D eigenvalue weighted by Gasteiger charge is 2.12. The molecule has 0 aliphatic rings. The molecule has 0 saturated heterocycles. The van der Waals surface area contributed by atoms with Crippen LogP contribution in [-0.2, 0) is 0 Å². The predicted molar refractivity (Wildman–Crippen MR) is 55.8 cm³/mol. The van der Waals surface area contributed by atoms with Crippen LogP contribution < -0.4 is 5.73 Å². The van der Waals surface area contributed by atoms with Crippen LogP contribution in [0, 0.1) is 6.92 Å². The van der Waals surface area contributed by atoms with Crippen molar-refractivity contribution in [3.8, 4) is 0 Å². The van der Waals surface area contributed by atoms with Crippen molar-refractivity contribution in [2.24, 2.45) is 5.73 Å². The molecule has 0 aliphatic heterocycles. The van der Waals surface area contributed by atoms with Gasteiger partial charge in [-0.15, -0.1) is 17.9 Å². The van der Waals surface area contributed by atoms with Crippen molar-refractivity contribution in [2.75, 3.05) is 0 Å². The first-order valence-corrected chi connectivity index (χ1v) is 5.02. The number of rotatable bonds is 3. The fraction of sp³-hybridized carbons (Fsp3) is 0.333. The summed E-state index contributed by atoms with van der Waals surface area (Å²) in [6.45, 7) is 5.63. The molecule has 1 unspecified atom stereocenters. The van der Waals surface area contributed by atoms with E-state index in [9.17, 15) is 0 Å². The Labute approximate surface area is 81.9 Å². The highest BCUT2D eigenvalue weighted by molar-refractivity contribution is 7.10. The number of thiophene rings is 1. The first-order valence-electron chi connectivity index (χ1n) is 3.76. The van der Waals surface area contributed by atoms with Crippen molar-refractivity contribution < 1.29 is 0 Å². The van der Waals surface area contributed by atoms with E-state index in [0.717, 1.165) is 21.9 Å². The number of hydrogen-bond acceptors (Lipinski definition) is 2. The maximum absolute atomic E-state index is 6.04. The fourth-order valence-corrected chi connectivity index (χ4v) is 2.34. The Kier molecular flexibility index (Phi) is 3.32. The van der Waals surface area contributed by atoms with Gasteiger partial charge in [0, 0.05) is 10.9 Å². The van der Waals surface area contributed by atoms with Crippen LogP contribution >= 0.6 is 22.9 Å². The lowest BCUT2D eigenvalue weighted by atomic mass is 10.1. The number of halogens is 1. The summed E-state index contributed by atoms with van der Waals surface area (Å²) >= 11 is 7.65. The Morgan fingerprint density at radius 3 is 2.92 bits per heavy atom. The zero-order valence-corrected chi connectivity index (χ0v) is 8.58. The zero-order chi connectivity index (χ0) is 9.14. The van der Waals surface area contributed by atoms with E-state index in [1.54, 1.807) is 11.3 Å². The summed E-state index contributed by atoms with van der Waals surface area (Å²) in [6.07, 6.45) is 2.59. The molecule has 0 aromatic carbocycles. The first-order chi connectivity index (χ1) is 5.66. The molecule has 0 amide bonds. The van der Waals surface area contributed by atoms with Crippen LogP contribution in [0.3, 0.4) is 0 Å². The van der Waals surface area contributed by atoms with Crippen LogP contribution in [0.2, 0.25) is 5.02 Å². The Balaban J connectivity index is 2.87. The minimum Gasteiger partial charge on any atom is -0.323 e. The van der Waals surface area contributed by atoms with Crippen LogP contribution in [0.5, 0.6) is 0 Å². The molecule has 0 spiro atoms. The molecule has 0 radical (unpaired) electrons. The Morgan fingerprint density at radius 2 is 2.50 bits per heavy atom. The largest absolute Gasteiger partial charge is 0.323 e. The fourth-order valence-electron chi connectivity index (χ4n) is 0.986. The van der Waals surface area contributed by atoms with Gasteiger partial charge in [-0.2, -0.15) is 0 Å². The molecule has 12 heavy (non-hydrogen) atoms. The standard InChI is InChI=1S/C9H12ClNS/c1-3-4-7(11)9-8(10)6(2)5-12-9/h3,5,7H,1,4,11H2,2H3. The van der Waals surface area contributed by atoms with Gasteiger partial charge in [0.15, 0.2) is 0 Å². The van der Waals surface area contributed by atoms with E-state index in [2.05, 4.69) is 6.58 Å². The lowest BCUT2D eigenvalue weighted by Crippen LogP contribution is -2.07. The maximum Gasteiger partial charge on any atom is 0.0590 e. The molecule has 66 valence electrons. The monoisotopic (exact) mass is 201 g/mol. The summed E-state index contributed by atoms with van der Waals surface area (Å²) in [5.41, 5.74) is 6.98. The third-order valence-electron chi connectivity index (χ3n) is 1.68. The lowest BCUT2D eigenvalue weighted by Gasteiger charge is -2.06. The van der Waals surface area contributed by atoms with Gasteiger partial charge in [-0.25, -0.2) is 0 Å². The second kappa shape index (κ2) is 4.08. The van der Waals surface area contributed by atoms with E-state index in [1.165, 1.54) is 0 Å². The van der Waals surface area contributed by atoms with Gasteiger partial charge in [-0.1, -0.05) is 17.7 Å². The van der Waals surface area contributed by atoms with Crippen molar-refractivity contribution in [3.05, 3.63) is 33.5 Å². The summed E-state index contributed by atoms with van der Waals surface area (Å²) in [6, 6.07) is 0.00806. The molecular formula is C9H12ClNS. The van der Waals surface area contributed by atoms with Crippen molar-refractivity contribution in [1.29, 1.82) is 0 Å². The van der Waals surface area contributed by atoms with E-state index in [-0.39, 0.29) is 6.04 Å². The first kappa shape index (κ1) is 9.78. The van der Waals surface area contributed by atoms with Crippen molar-refractivity contribution >= 4 is 22.9 Å². The molecule has 0 aliphatic carbocycles. The van der Waals surface area contributed by atoms with Gasteiger partial charge in [0.05, 0.1) is 5.02 Å². The Hall–Kier alpha value is -0.310. The highest BCUT2D eigenvalue weighted by Crippen LogP contribution is 2.32. The normalized spacial score (nSPS) is 12.9. The predicted octanol–water partition coefficient (Wildman–Crippen LogP) is 3.29. The van der Waals surface area contributed by atoms with Crippen molar-refractivity contribution in [3.63, 3.8) is 0 Å². The summed E-state index contributed by atoms with van der Waals surface area (Å²) in [5, 5.41) is 2.84. The average molecular weight is 202 g/mol. The third kappa shape index (κ3) is 1.89. The topological polar surface area (TPSA) is 26.0 Å². The van der Waals surface area contributed by atoms with E-state index in [0.29, 0.717) is 0 Å². The van der Waals surface area contributed by atoms with E-state index >= 15 is 0 Å². The van der Waals surface area contributed by atoms with Crippen LogP contribution in [0.1, 0.15) is 22.9 Å². The number of hydrogen-bond donors (Lipinski definition) is 1. The van der Waals surface area contributed by atoms with Crippen LogP contribution in [0.25, 0.3) is 0 Å². The van der Waals surface area contributed by atoms with Crippen LogP contribution in [0.4, 0.5) is 0 Å².